The van der Waals surface area contributed by atoms with Gasteiger partial charge in [0.25, 0.3) is 0 Å². The first-order valence-corrected chi connectivity index (χ1v) is 7.27. The maximum Gasteiger partial charge on any atom is 0.226 e. The van der Waals surface area contributed by atoms with Crippen molar-refractivity contribution in [2.24, 2.45) is 5.41 Å². The van der Waals surface area contributed by atoms with E-state index in [2.05, 4.69) is 43.2 Å². The van der Waals surface area contributed by atoms with Gasteiger partial charge in [-0.05, 0) is 50.8 Å². The molecule has 3 nitrogen and oxygen atoms in total. The van der Waals surface area contributed by atoms with E-state index in [4.69, 9.17) is 0 Å². The highest BCUT2D eigenvalue weighted by Gasteiger charge is 2.44. The Kier molecular flexibility index (Phi) is 2.89. The van der Waals surface area contributed by atoms with E-state index in [1.54, 1.807) is 0 Å². The molecule has 2 N–H and O–H groups in total. The topological polar surface area (TPSA) is 44.9 Å². The molecule has 2 aromatic rings. The van der Waals surface area contributed by atoms with Crippen LogP contribution in [0, 0.1) is 26.2 Å². The Morgan fingerprint density at radius 3 is 2.65 bits per heavy atom. The molecule has 1 aliphatic rings. The van der Waals surface area contributed by atoms with Gasteiger partial charge in [-0.2, -0.15) is 0 Å². The Balaban J connectivity index is 1.91. The summed E-state index contributed by atoms with van der Waals surface area (Å²) in [6.07, 6.45) is 2.03. The Morgan fingerprint density at radius 1 is 1.30 bits per heavy atom. The van der Waals surface area contributed by atoms with E-state index >= 15 is 0 Å². The molecule has 20 heavy (non-hydrogen) atoms. The van der Waals surface area contributed by atoms with E-state index in [0.29, 0.717) is 6.54 Å². The monoisotopic (exact) mass is 270 g/mol. The van der Waals surface area contributed by atoms with Crippen LogP contribution in [0.4, 0.5) is 0 Å². The quantitative estimate of drug-likeness (QED) is 0.880. The standard InChI is InChI=1S/C17H22N2O/c1-10-7-13(9-18-16(20)17(4)5-6-17)15-14(8-10)11(2)12(3)19-15/h7-8,19H,5-6,9H2,1-4H3,(H,18,20). The summed E-state index contributed by atoms with van der Waals surface area (Å²) < 4.78 is 0. The van der Waals surface area contributed by atoms with Crippen LogP contribution in [0.5, 0.6) is 0 Å². The number of nitrogens with one attached hydrogen (secondary N) is 2. The largest absolute Gasteiger partial charge is 0.358 e. The fourth-order valence-corrected chi connectivity index (χ4v) is 2.73. The van der Waals surface area contributed by atoms with Crippen molar-refractivity contribution in [3.8, 4) is 0 Å². The van der Waals surface area contributed by atoms with Gasteiger partial charge < -0.3 is 10.3 Å². The van der Waals surface area contributed by atoms with Crippen molar-refractivity contribution in [2.45, 2.75) is 47.1 Å². The number of hydrogen-bond donors (Lipinski definition) is 2. The molecule has 1 heterocycles. The van der Waals surface area contributed by atoms with Gasteiger partial charge in [-0.1, -0.05) is 18.6 Å². The fraction of sp³-hybridized carbons (Fsp3) is 0.471. The number of aromatic nitrogens is 1. The summed E-state index contributed by atoms with van der Waals surface area (Å²) in [5.41, 5.74) is 5.96. The minimum Gasteiger partial charge on any atom is -0.358 e. The predicted molar refractivity (Wildman–Crippen MR) is 81.7 cm³/mol. The highest BCUT2D eigenvalue weighted by atomic mass is 16.2. The average Bonchev–Trinajstić information content (AvgIpc) is 3.09. The minimum atomic E-state index is -0.107. The van der Waals surface area contributed by atoms with Crippen LogP contribution >= 0.6 is 0 Å². The molecule has 3 rings (SSSR count). The molecule has 3 heteroatoms. The molecule has 106 valence electrons. The molecule has 0 atom stereocenters. The van der Waals surface area contributed by atoms with Crippen molar-refractivity contribution in [1.82, 2.24) is 10.3 Å². The van der Waals surface area contributed by atoms with E-state index in [-0.39, 0.29) is 11.3 Å². The van der Waals surface area contributed by atoms with Crippen molar-refractivity contribution in [3.63, 3.8) is 0 Å². The van der Waals surface area contributed by atoms with Crippen molar-refractivity contribution in [2.75, 3.05) is 0 Å². The van der Waals surface area contributed by atoms with Crippen LogP contribution in [-0.2, 0) is 11.3 Å². The van der Waals surface area contributed by atoms with E-state index < -0.39 is 0 Å². The van der Waals surface area contributed by atoms with E-state index in [1.165, 1.54) is 27.8 Å². The van der Waals surface area contributed by atoms with Gasteiger partial charge in [0, 0.05) is 23.0 Å². The fourth-order valence-electron chi connectivity index (χ4n) is 2.73. The first-order chi connectivity index (χ1) is 9.40. The molecule has 0 saturated heterocycles. The van der Waals surface area contributed by atoms with Crippen molar-refractivity contribution < 1.29 is 4.79 Å². The molecule has 0 bridgehead atoms. The van der Waals surface area contributed by atoms with Crippen LogP contribution in [0.1, 0.15) is 42.1 Å². The highest BCUT2D eigenvalue weighted by Crippen LogP contribution is 2.45. The van der Waals surface area contributed by atoms with Gasteiger partial charge in [0.1, 0.15) is 0 Å². The number of aryl methyl sites for hydroxylation is 3. The molecule has 1 aliphatic carbocycles. The van der Waals surface area contributed by atoms with Crippen LogP contribution in [0.25, 0.3) is 10.9 Å². The lowest BCUT2D eigenvalue weighted by Gasteiger charge is -2.11. The average molecular weight is 270 g/mol. The van der Waals surface area contributed by atoms with E-state index in [9.17, 15) is 4.79 Å². The zero-order valence-corrected chi connectivity index (χ0v) is 12.7. The Hall–Kier alpha value is -1.77. The first-order valence-electron chi connectivity index (χ1n) is 7.27. The SMILES string of the molecule is Cc1cc(CNC(=O)C2(C)CC2)c2[nH]c(C)c(C)c2c1. The van der Waals surface area contributed by atoms with Crippen LogP contribution in [0.3, 0.4) is 0 Å². The molecule has 0 aliphatic heterocycles. The molecular weight excluding hydrogens is 248 g/mol. The third-order valence-electron chi connectivity index (χ3n) is 4.63. The molecule has 0 spiro atoms. The summed E-state index contributed by atoms with van der Waals surface area (Å²) in [6, 6.07) is 4.37. The summed E-state index contributed by atoms with van der Waals surface area (Å²) >= 11 is 0. The Bertz CT molecular complexity index is 693. The zero-order chi connectivity index (χ0) is 14.5. The second-order valence-corrected chi connectivity index (χ2v) is 6.46. The number of aromatic amines is 1. The van der Waals surface area contributed by atoms with Crippen LogP contribution in [0.15, 0.2) is 12.1 Å². The smallest absolute Gasteiger partial charge is 0.226 e. The summed E-state index contributed by atoms with van der Waals surface area (Å²) in [5, 5.41) is 4.36. The second-order valence-electron chi connectivity index (χ2n) is 6.46. The van der Waals surface area contributed by atoms with Crippen molar-refractivity contribution >= 4 is 16.8 Å². The zero-order valence-electron chi connectivity index (χ0n) is 12.7. The van der Waals surface area contributed by atoms with E-state index in [1.807, 2.05) is 6.92 Å². The van der Waals surface area contributed by atoms with Gasteiger partial charge >= 0.3 is 0 Å². The van der Waals surface area contributed by atoms with Gasteiger partial charge in [0.15, 0.2) is 0 Å². The predicted octanol–water partition coefficient (Wildman–Crippen LogP) is 3.51. The van der Waals surface area contributed by atoms with Crippen LogP contribution in [-0.4, -0.2) is 10.9 Å². The number of hydrogen-bond acceptors (Lipinski definition) is 1. The molecule has 1 saturated carbocycles. The van der Waals surface area contributed by atoms with Crippen LogP contribution < -0.4 is 5.32 Å². The first kappa shape index (κ1) is 13.2. The van der Waals surface area contributed by atoms with Crippen molar-refractivity contribution in [3.05, 3.63) is 34.5 Å². The molecule has 1 aromatic carbocycles. The normalized spacial score (nSPS) is 16.4. The number of carbonyl (C=O) groups is 1. The van der Waals surface area contributed by atoms with Crippen LogP contribution in [0.2, 0.25) is 0 Å². The number of fused-ring (bicyclic) bond motifs is 1. The minimum absolute atomic E-state index is 0.107. The number of benzene rings is 1. The molecule has 1 aromatic heterocycles. The lowest BCUT2D eigenvalue weighted by Crippen LogP contribution is -2.29. The lowest BCUT2D eigenvalue weighted by atomic mass is 10.0. The van der Waals surface area contributed by atoms with Gasteiger partial charge in [0.05, 0.1) is 5.52 Å². The summed E-state index contributed by atoms with van der Waals surface area (Å²) in [5.74, 6) is 0.187. The molecular formula is C17H22N2O. The number of H-pyrrole nitrogens is 1. The second kappa shape index (κ2) is 4.37. The molecule has 0 radical (unpaired) electrons. The number of rotatable bonds is 3. The van der Waals surface area contributed by atoms with Gasteiger partial charge in [-0.15, -0.1) is 0 Å². The highest BCUT2D eigenvalue weighted by molar-refractivity contribution is 5.89. The summed E-state index contributed by atoms with van der Waals surface area (Å²) in [4.78, 5) is 15.5. The third kappa shape index (κ3) is 2.11. The van der Waals surface area contributed by atoms with Crippen molar-refractivity contribution in [1.29, 1.82) is 0 Å². The maximum atomic E-state index is 12.1. The third-order valence-corrected chi connectivity index (χ3v) is 4.63. The number of carbonyl (C=O) groups excluding carboxylic acids is 1. The maximum absolute atomic E-state index is 12.1. The Morgan fingerprint density at radius 2 is 2.00 bits per heavy atom. The Labute approximate surface area is 119 Å². The molecule has 1 amide bonds. The molecule has 0 unspecified atom stereocenters. The van der Waals surface area contributed by atoms with Gasteiger partial charge in [-0.25, -0.2) is 0 Å². The van der Waals surface area contributed by atoms with E-state index in [0.717, 1.165) is 18.4 Å². The number of amides is 1. The summed E-state index contributed by atoms with van der Waals surface area (Å²) in [6.45, 7) is 8.98. The summed E-state index contributed by atoms with van der Waals surface area (Å²) in [7, 11) is 0. The molecule has 1 fully saturated rings. The van der Waals surface area contributed by atoms with Gasteiger partial charge in [-0.3, -0.25) is 4.79 Å². The lowest BCUT2D eigenvalue weighted by molar-refractivity contribution is -0.125. The van der Waals surface area contributed by atoms with Gasteiger partial charge in [0.2, 0.25) is 5.91 Å².